The largest absolute Gasteiger partial charge is 0.396 e. The summed E-state index contributed by atoms with van der Waals surface area (Å²) in [6.45, 7) is 4.99. The zero-order valence-corrected chi connectivity index (χ0v) is 12.4. The average Bonchev–Trinajstić information content (AvgIpc) is 2.63. The van der Waals surface area contributed by atoms with E-state index in [0.29, 0.717) is 19.4 Å². The van der Waals surface area contributed by atoms with Crippen LogP contribution in [-0.2, 0) is 14.6 Å². The minimum absolute atomic E-state index is 0.0526. The van der Waals surface area contributed by atoms with E-state index in [1.807, 2.05) is 18.7 Å². The molecule has 1 heterocycles. The first-order chi connectivity index (χ1) is 8.84. The molecule has 1 aliphatic heterocycles. The van der Waals surface area contributed by atoms with Crippen LogP contribution in [0.3, 0.4) is 0 Å². The van der Waals surface area contributed by atoms with Crippen LogP contribution in [0.25, 0.3) is 0 Å². The number of rotatable bonds is 7. The average molecular weight is 292 g/mol. The first-order valence-electron chi connectivity index (χ1n) is 6.69. The molecule has 1 amide bonds. The maximum atomic E-state index is 11.9. The highest BCUT2D eigenvalue weighted by atomic mass is 32.2. The topological polar surface area (TPSA) is 86.7 Å². The van der Waals surface area contributed by atoms with Gasteiger partial charge in [-0.1, -0.05) is 0 Å². The summed E-state index contributed by atoms with van der Waals surface area (Å²) < 4.78 is 22.6. The molecular weight excluding hydrogens is 268 g/mol. The lowest BCUT2D eigenvalue weighted by atomic mass is 10.2. The van der Waals surface area contributed by atoms with Crippen molar-refractivity contribution in [3.63, 3.8) is 0 Å². The monoisotopic (exact) mass is 292 g/mol. The Bertz CT molecular complexity index is 395. The van der Waals surface area contributed by atoms with Crippen molar-refractivity contribution in [1.29, 1.82) is 0 Å². The predicted molar refractivity (Wildman–Crippen MR) is 73.6 cm³/mol. The predicted octanol–water partition coefficient (Wildman–Crippen LogP) is -0.617. The van der Waals surface area contributed by atoms with Gasteiger partial charge in [0.25, 0.3) is 0 Å². The van der Waals surface area contributed by atoms with Crippen molar-refractivity contribution in [2.45, 2.75) is 38.8 Å². The van der Waals surface area contributed by atoms with E-state index >= 15 is 0 Å². The van der Waals surface area contributed by atoms with Crippen molar-refractivity contribution in [1.82, 2.24) is 10.2 Å². The number of aliphatic hydroxyl groups is 1. The van der Waals surface area contributed by atoms with Gasteiger partial charge in [-0.15, -0.1) is 0 Å². The van der Waals surface area contributed by atoms with Crippen LogP contribution < -0.4 is 5.32 Å². The van der Waals surface area contributed by atoms with Crippen LogP contribution in [-0.4, -0.2) is 67.6 Å². The Labute approximate surface area is 115 Å². The third-order valence-electron chi connectivity index (χ3n) is 3.28. The Kier molecular flexibility index (Phi) is 6.22. The number of nitrogens with zero attached hydrogens (tertiary/aromatic N) is 1. The molecule has 0 saturated carbocycles. The molecule has 0 aromatic carbocycles. The minimum Gasteiger partial charge on any atom is -0.396 e. The molecule has 0 radical (unpaired) electrons. The van der Waals surface area contributed by atoms with E-state index in [1.165, 1.54) is 0 Å². The van der Waals surface area contributed by atoms with Crippen LogP contribution >= 0.6 is 0 Å². The Balaban J connectivity index is 2.40. The molecule has 0 aromatic rings. The highest BCUT2D eigenvalue weighted by molar-refractivity contribution is 7.91. The van der Waals surface area contributed by atoms with E-state index in [9.17, 15) is 13.2 Å². The third kappa shape index (κ3) is 5.88. The lowest BCUT2D eigenvalue weighted by molar-refractivity contribution is -0.123. The van der Waals surface area contributed by atoms with Gasteiger partial charge in [-0.3, -0.25) is 9.69 Å². The summed E-state index contributed by atoms with van der Waals surface area (Å²) in [7, 11) is -2.96. The Morgan fingerprint density at radius 2 is 2.16 bits per heavy atom. The van der Waals surface area contributed by atoms with E-state index in [0.717, 1.165) is 0 Å². The van der Waals surface area contributed by atoms with Crippen LogP contribution in [0.2, 0.25) is 0 Å². The molecule has 6 nitrogen and oxygen atoms in total. The summed E-state index contributed by atoms with van der Waals surface area (Å²) in [6.07, 6.45) is 1.13. The van der Waals surface area contributed by atoms with Crippen LogP contribution in [0, 0.1) is 0 Å². The van der Waals surface area contributed by atoms with E-state index in [-0.39, 0.29) is 42.6 Å². The molecular formula is C12H24N2O4S. The van der Waals surface area contributed by atoms with Crippen molar-refractivity contribution in [2.24, 2.45) is 0 Å². The molecule has 0 spiro atoms. The smallest absolute Gasteiger partial charge is 0.234 e. The van der Waals surface area contributed by atoms with E-state index < -0.39 is 9.84 Å². The molecule has 1 unspecified atom stereocenters. The van der Waals surface area contributed by atoms with Gasteiger partial charge in [0.15, 0.2) is 9.84 Å². The maximum absolute atomic E-state index is 11.9. The number of nitrogens with one attached hydrogen (secondary N) is 1. The van der Waals surface area contributed by atoms with Crippen LogP contribution in [0.1, 0.15) is 26.7 Å². The molecule has 1 rings (SSSR count). The quantitative estimate of drug-likeness (QED) is 0.653. The molecule has 1 aliphatic rings. The number of hydrogen-bond acceptors (Lipinski definition) is 5. The first kappa shape index (κ1) is 16.4. The zero-order chi connectivity index (χ0) is 14.5. The summed E-state index contributed by atoms with van der Waals surface area (Å²) in [5.41, 5.74) is 0. The Morgan fingerprint density at radius 1 is 1.47 bits per heavy atom. The fourth-order valence-electron chi connectivity index (χ4n) is 2.16. The van der Waals surface area contributed by atoms with Gasteiger partial charge < -0.3 is 10.4 Å². The zero-order valence-electron chi connectivity index (χ0n) is 11.6. The summed E-state index contributed by atoms with van der Waals surface area (Å²) in [5.74, 6) is 0.0710. The second-order valence-electron chi connectivity index (χ2n) is 5.31. The molecule has 0 bridgehead atoms. The lowest BCUT2D eigenvalue weighted by Crippen LogP contribution is -2.45. The van der Waals surface area contributed by atoms with Gasteiger partial charge in [-0.05, 0) is 26.7 Å². The minimum atomic E-state index is -2.96. The maximum Gasteiger partial charge on any atom is 0.234 e. The summed E-state index contributed by atoms with van der Waals surface area (Å²) in [6, 6.07) is -0.0334. The normalized spacial score (nSPS) is 22.1. The molecule has 2 N–H and O–H groups in total. The van der Waals surface area contributed by atoms with Crippen LogP contribution in [0.4, 0.5) is 0 Å². The first-order valence-corrected chi connectivity index (χ1v) is 8.51. The summed E-state index contributed by atoms with van der Waals surface area (Å²) in [5, 5.41) is 11.6. The molecule has 7 heteroatoms. The highest BCUT2D eigenvalue weighted by Crippen LogP contribution is 2.11. The van der Waals surface area contributed by atoms with Gasteiger partial charge >= 0.3 is 0 Å². The third-order valence-corrected chi connectivity index (χ3v) is 5.05. The fraction of sp³-hybridized carbons (Fsp3) is 0.917. The molecule has 0 aliphatic carbocycles. The summed E-state index contributed by atoms with van der Waals surface area (Å²) >= 11 is 0. The number of carbonyl (C=O) groups excluding carboxylic acids is 1. The lowest BCUT2D eigenvalue weighted by Gasteiger charge is -2.26. The van der Waals surface area contributed by atoms with Crippen molar-refractivity contribution >= 4 is 15.7 Å². The van der Waals surface area contributed by atoms with Gasteiger partial charge in [-0.2, -0.15) is 0 Å². The second kappa shape index (κ2) is 7.21. The molecule has 1 saturated heterocycles. The SMILES string of the molecule is CC(C)N(CCCO)CC(=O)NC1CCS(=O)(=O)C1. The van der Waals surface area contributed by atoms with E-state index in [2.05, 4.69) is 5.32 Å². The van der Waals surface area contributed by atoms with Gasteiger partial charge in [-0.25, -0.2) is 8.42 Å². The van der Waals surface area contributed by atoms with Gasteiger partial charge in [0.05, 0.1) is 18.1 Å². The van der Waals surface area contributed by atoms with Gasteiger partial charge in [0.2, 0.25) is 5.91 Å². The number of amides is 1. The Hall–Kier alpha value is -0.660. The number of aliphatic hydroxyl groups excluding tert-OH is 1. The summed E-state index contributed by atoms with van der Waals surface area (Å²) in [4.78, 5) is 13.8. The van der Waals surface area contributed by atoms with Crippen LogP contribution in [0.5, 0.6) is 0 Å². The second-order valence-corrected chi connectivity index (χ2v) is 7.54. The van der Waals surface area contributed by atoms with E-state index in [4.69, 9.17) is 5.11 Å². The number of sulfone groups is 1. The molecule has 0 aromatic heterocycles. The van der Waals surface area contributed by atoms with Crippen molar-refractivity contribution in [3.05, 3.63) is 0 Å². The Morgan fingerprint density at radius 3 is 2.63 bits per heavy atom. The van der Waals surface area contributed by atoms with Gasteiger partial charge in [0, 0.05) is 25.2 Å². The van der Waals surface area contributed by atoms with Crippen molar-refractivity contribution in [3.8, 4) is 0 Å². The molecule has 19 heavy (non-hydrogen) atoms. The standard InChI is InChI=1S/C12H24N2O4S/c1-10(2)14(5-3-6-15)8-12(16)13-11-4-7-19(17,18)9-11/h10-11,15H,3-9H2,1-2H3,(H,13,16). The molecule has 112 valence electrons. The highest BCUT2D eigenvalue weighted by Gasteiger charge is 2.29. The molecule has 1 fully saturated rings. The van der Waals surface area contributed by atoms with Crippen molar-refractivity contribution in [2.75, 3.05) is 31.2 Å². The molecule has 1 atom stereocenters. The van der Waals surface area contributed by atoms with E-state index in [1.54, 1.807) is 0 Å². The van der Waals surface area contributed by atoms with Crippen LogP contribution in [0.15, 0.2) is 0 Å². The van der Waals surface area contributed by atoms with Crippen molar-refractivity contribution < 1.29 is 18.3 Å². The van der Waals surface area contributed by atoms with Gasteiger partial charge in [0.1, 0.15) is 0 Å². The number of carbonyl (C=O) groups is 1. The fourth-order valence-corrected chi connectivity index (χ4v) is 3.83. The number of hydrogen-bond donors (Lipinski definition) is 2.